The molecule has 0 fully saturated rings. The van der Waals surface area contributed by atoms with E-state index in [1.54, 1.807) is 6.08 Å². The van der Waals surface area contributed by atoms with Crippen LogP contribution < -0.4 is 0 Å². The Morgan fingerprint density at radius 2 is 2.10 bits per heavy atom. The molecule has 0 aromatic carbocycles. The van der Waals surface area contributed by atoms with Crippen LogP contribution in [0.3, 0.4) is 0 Å². The average Bonchev–Trinajstić information content (AvgIpc) is 1.89. The van der Waals surface area contributed by atoms with Crippen molar-refractivity contribution in [1.29, 1.82) is 0 Å². The summed E-state index contributed by atoms with van der Waals surface area (Å²) in [5.74, 6) is 0. The molecule has 0 saturated carbocycles. The predicted molar refractivity (Wildman–Crippen MR) is 45.1 cm³/mol. The van der Waals surface area contributed by atoms with Gasteiger partial charge in [0.05, 0.1) is 0 Å². The van der Waals surface area contributed by atoms with Crippen molar-refractivity contribution in [2.75, 3.05) is 6.54 Å². The van der Waals surface area contributed by atoms with Gasteiger partial charge in [0.2, 0.25) is 0 Å². The van der Waals surface area contributed by atoms with E-state index in [0.717, 1.165) is 12.8 Å². The fourth-order valence-corrected chi connectivity index (χ4v) is 3.25. The normalized spacial score (nSPS) is 9.90. The van der Waals surface area contributed by atoms with E-state index in [4.69, 9.17) is 0 Å². The molecule has 0 spiro atoms. The van der Waals surface area contributed by atoms with Gasteiger partial charge in [-0.1, -0.05) is 0 Å². The molecule has 0 aromatic rings. The van der Waals surface area contributed by atoms with Gasteiger partial charge in [-0.15, -0.1) is 0 Å². The van der Waals surface area contributed by atoms with E-state index < -0.39 is 16.5 Å². The number of aldehydes is 1. The van der Waals surface area contributed by atoms with Crippen LogP contribution in [0.25, 0.3) is 0 Å². The Balaban J connectivity index is 3.82. The third-order valence-electron chi connectivity index (χ3n) is 1.38. The molecule has 0 atom stereocenters. The molecule has 0 aromatic heterocycles. The Hall–Kier alpha value is -0.154. The zero-order chi connectivity index (χ0) is 7.98. The third kappa shape index (κ3) is 3.79. The van der Waals surface area contributed by atoms with Gasteiger partial charge < -0.3 is 0 Å². The van der Waals surface area contributed by atoms with E-state index in [9.17, 15) is 4.79 Å². The summed E-state index contributed by atoms with van der Waals surface area (Å²) in [4.78, 5) is 9.96. The second-order valence-corrected chi connectivity index (χ2v) is 8.38. The van der Waals surface area contributed by atoms with Crippen LogP contribution in [0.5, 0.6) is 0 Å². The first kappa shape index (κ1) is 9.85. The van der Waals surface area contributed by atoms with Gasteiger partial charge in [0.15, 0.2) is 0 Å². The van der Waals surface area contributed by atoms with Gasteiger partial charge >= 0.3 is 67.8 Å². The zero-order valence-corrected chi connectivity index (χ0v) is 9.29. The second kappa shape index (κ2) is 5.62. The van der Waals surface area contributed by atoms with Crippen molar-refractivity contribution in [3.05, 3.63) is 12.3 Å². The molecule has 0 bridgehead atoms. The summed E-state index contributed by atoms with van der Waals surface area (Å²) in [6.07, 6.45) is 4.29. The van der Waals surface area contributed by atoms with Crippen molar-refractivity contribution in [3.8, 4) is 0 Å². The molecule has 0 radical (unpaired) electrons. The number of carbonyl (C=O) groups excluding carboxylic acids is 1. The van der Waals surface area contributed by atoms with Crippen molar-refractivity contribution in [1.82, 2.24) is 3.61 Å². The van der Waals surface area contributed by atoms with Crippen LogP contribution in [-0.4, -0.2) is 32.9 Å². The summed E-state index contributed by atoms with van der Waals surface area (Å²) >= 11 is -1.15. The molecule has 2 nitrogen and oxygen atoms in total. The fourth-order valence-electron chi connectivity index (χ4n) is 0.788. The van der Waals surface area contributed by atoms with Crippen molar-refractivity contribution < 1.29 is 4.79 Å². The number of hydrogen-bond acceptors (Lipinski definition) is 2. The molecule has 0 aliphatic carbocycles. The summed E-state index contributed by atoms with van der Waals surface area (Å²) < 4.78 is 2.28. The third-order valence-corrected chi connectivity index (χ3v) is 5.30. The van der Waals surface area contributed by atoms with Crippen molar-refractivity contribution >= 4 is 22.7 Å². The molecule has 10 heavy (non-hydrogen) atoms. The predicted octanol–water partition coefficient (Wildman–Crippen LogP) is 1.27. The molecule has 0 aliphatic rings. The SMILES string of the molecule is CC[N](/C=C\C=O)[Ga]([CH3])[CH3]. The van der Waals surface area contributed by atoms with E-state index >= 15 is 0 Å². The topological polar surface area (TPSA) is 20.3 Å². The molecular weight excluding hydrogens is 184 g/mol. The van der Waals surface area contributed by atoms with Crippen LogP contribution in [0.2, 0.25) is 11.0 Å². The molecule has 0 heterocycles. The van der Waals surface area contributed by atoms with Gasteiger partial charge in [0.25, 0.3) is 0 Å². The summed E-state index contributed by atoms with van der Waals surface area (Å²) in [6, 6.07) is 0. The number of hydrogen-bond donors (Lipinski definition) is 0. The molecule has 3 heteroatoms. The number of carbonyl (C=O) groups is 1. The standard InChI is InChI=1S/C5H9NO.2CH3.Ga/c1-2-6-4-3-5-7;;;/h3-5H,2H2,1H3,(H,6,7);2*1H3;/q;;;+1/p-1. The Kier molecular flexibility index (Phi) is 5.53. The van der Waals surface area contributed by atoms with E-state index in [0.29, 0.717) is 0 Å². The summed E-state index contributed by atoms with van der Waals surface area (Å²) in [6.45, 7) is 3.14. The van der Waals surface area contributed by atoms with E-state index in [-0.39, 0.29) is 0 Å². The number of nitrogens with zero attached hydrogens (tertiary/aromatic N) is 1. The Bertz CT molecular complexity index is 123. The molecule has 0 saturated heterocycles. The Morgan fingerprint density at radius 1 is 1.50 bits per heavy atom. The average molecular weight is 198 g/mol. The molecule has 0 rings (SSSR count). The minimum atomic E-state index is -1.15. The van der Waals surface area contributed by atoms with Crippen LogP contribution >= 0.6 is 0 Å². The van der Waals surface area contributed by atoms with Crippen molar-refractivity contribution in [3.63, 3.8) is 0 Å². The van der Waals surface area contributed by atoms with Gasteiger partial charge in [-0.3, -0.25) is 0 Å². The van der Waals surface area contributed by atoms with Gasteiger partial charge in [-0.2, -0.15) is 0 Å². The minimum absolute atomic E-state index is 0.827. The summed E-state index contributed by atoms with van der Waals surface area (Å²) in [5, 5.41) is 0. The van der Waals surface area contributed by atoms with Crippen LogP contribution in [-0.2, 0) is 4.79 Å². The van der Waals surface area contributed by atoms with Gasteiger partial charge in [-0.05, 0) is 0 Å². The summed E-state index contributed by atoms with van der Waals surface area (Å²) in [5.41, 5.74) is 4.57. The van der Waals surface area contributed by atoms with Gasteiger partial charge in [0, 0.05) is 0 Å². The van der Waals surface area contributed by atoms with Crippen molar-refractivity contribution in [2.45, 2.75) is 17.9 Å². The van der Waals surface area contributed by atoms with E-state index in [1.807, 2.05) is 6.20 Å². The molecule has 0 N–H and O–H groups in total. The van der Waals surface area contributed by atoms with Crippen molar-refractivity contribution in [2.24, 2.45) is 0 Å². The first-order valence-corrected chi connectivity index (χ1v) is 9.53. The number of allylic oxidation sites excluding steroid dienone is 1. The summed E-state index contributed by atoms with van der Waals surface area (Å²) in [7, 11) is 0. The monoisotopic (exact) mass is 197 g/mol. The Morgan fingerprint density at radius 3 is 2.40 bits per heavy atom. The quantitative estimate of drug-likeness (QED) is 0.385. The molecule has 56 valence electrons. The first-order valence-electron chi connectivity index (χ1n) is 3.60. The molecule has 0 amide bonds. The van der Waals surface area contributed by atoms with Gasteiger partial charge in [-0.25, -0.2) is 0 Å². The fraction of sp³-hybridized carbons (Fsp3) is 0.571. The van der Waals surface area contributed by atoms with Gasteiger partial charge in [0.1, 0.15) is 0 Å². The maximum absolute atomic E-state index is 9.96. The van der Waals surface area contributed by atoms with Crippen LogP contribution in [0.1, 0.15) is 6.92 Å². The molecule has 0 unspecified atom stereocenters. The molecular formula is C7H14GaNO. The van der Waals surface area contributed by atoms with Crippen LogP contribution in [0, 0.1) is 0 Å². The zero-order valence-electron chi connectivity index (χ0n) is 6.87. The van der Waals surface area contributed by atoms with E-state index in [1.165, 1.54) is 0 Å². The van der Waals surface area contributed by atoms with Crippen LogP contribution in [0.4, 0.5) is 0 Å². The Labute approximate surface area is 68.2 Å². The van der Waals surface area contributed by atoms with E-state index in [2.05, 4.69) is 21.5 Å². The first-order chi connectivity index (χ1) is 4.72. The van der Waals surface area contributed by atoms with Crippen LogP contribution in [0.15, 0.2) is 12.3 Å². The second-order valence-electron chi connectivity index (χ2n) is 2.40. The number of rotatable bonds is 4. The molecule has 0 aliphatic heterocycles. The maximum atomic E-state index is 9.96.